The monoisotopic (exact) mass is 413 g/mol. The third-order valence-corrected chi connectivity index (χ3v) is 4.81. The Labute approximate surface area is 173 Å². The zero-order chi connectivity index (χ0) is 21.7. The molecule has 2 aromatic carbocycles. The van der Waals surface area contributed by atoms with Gasteiger partial charge in [0.15, 0.2) is 11.5 Å². The number of ether oxygens (including phenoxy) is 3. The normalized spacial score (nSPS) is 15.5. The van der Waals surface area contributed by atoms with Crippen molar-refractivity contribution in [3.05, 3.63) is 48.0 Å². The van der Waals surface area contributed by atoms with Gasteiger partial charge in [0.2, 0.25) is 11.8 Å². The number of anilines is 1. The average molecular weight is 413 g/mol. The van der Waals surface area contributed by atoms with Crippen LogP contribution in [0.1, 0.15) is 16.8 Å². The van der Waals surface area contributed by atoms with Crippen molar-refractivity contribution in [2.45, 2.75) is 6.42 Å². The third-order valence-electron chi connectivity index (χ3n) is 4.81. The summed E-state index contributed by atoms with van der Waals surface area (Å²) >= 11 is 0. The Hall–Kier alpha value is -3.75. The molecule has 3 amide bonds. The molecule has 0 spiro atoms. The minimum absolute atomic E-state index is 0.0509. The molecule has 1 fully saturated rings. The Balaban J connectivity index is 1.60. The van der Waals surface area contributed by atoms with Crippen LogP contribution in [0.25, 0.3) is 0 Å². The zero-order valence-corrected chi connectivity index (χ0v) is 16.9. The molecular weight excluding hydrogens is 390 g/mol. The SMILES string of the molecule is COc1cccc(N2CC(C(=O)NNC(=O)c3ccc(OC)c(OC)c3)CC2=O)c1. The lowest BCUT2D eigenvalue weighted by atomic mass is 10.1. The van der Waals surface area contributed by atoms with Gasteiger partial charge in [-0.25, -0.2) is 0 Å². The van der Waals surface area contributed by atoms with Crippen LogP contribution in [0.3, 0.4) is 0 Å². The average Bonchev–Trinajstić information content (AvgIpc) is 3.18. The molecule has 0 aliphatic carbocycles. The van der Waals surface area contributed by atoms with Crippen LogP contribution in [0.5, 0.6) is 17.2 Å². The van der Waals surface area contributed by atoms with Crippen molar-refractivity contribution in [2.75, 3.05) is 32.8 Å². The molecule has 1 unspecified atom stereocenters. The van der Waals surface area contributed by atoms with E-state index < -0.39 is 17.7 Å². The number of nitrogens with zero attached hydrogens (tertiary/aromatic N) is 1. The molecule has 0 bridgehead atoms. The van der Waals surface area contributed by atoms with Gasteiger partial charge >= 0.3 is 0 Å². The summed E-state index contributed by atoms with van der Waals surface area (Å²) < 4.78 is 15.5. The highest BCUT2D eigenvalue weighted by Gasteiger charge is 2.35. The first-order valence-corrected chi connectivity index (χ1v) is 9.23. The number of amides is 3. The number of hydrogen-bond donors (Lipinski definition) is 2. The Kier molecular flexibility index (Phi) is 6.41. The van der Waals surface area contributed by atoms with E-state index in [2.05, 4.69) is 10.9 Å². The number of carbonyl (C=O) groups excluding carboxylic acids is 3. The van der Waals surface area contributed by atoms with E-state index in [1.165, 1.54) is 25.2 Å². The van der Waals surface area contributed by atoms with Crippen molar-refractivity contribution >= 4 is 23.4 Å². The number of benzene rings is 2. The number of methoxy groups -OCH3 is 3. The van der Waals surface area contributed by atoms with Crippen molar-refractivity contribution < 1.29 is 28.6 Å². The second-order valence-electron chi connectivity index (χ2n) is 6.62. The van der Waals surface area contributed by atoms with E-state index in [1.807, 2.05) is 0 Å². The molecule has 1 atom stereocenters. The maximum atomic E-state index is 12.5. The molecule has 1 aliphatic rings. The van der Waals surface area contributed by atoms with Crippen LogP contribution in [0.2, 0.25) is 0 Å². The van der Waals surface area contributed by atoms with Crippen molar-refractivity contribution in [2.24, 2.45) is 5.92 Å². The largest absolute Gasteiger partial charge is 0.497 e. The van der Waals surface area contributed by atoms with E-state index in [4.69, 9.17) is 14.2 Å². The van der Waals surface area contributed by atoms with Gasteiger partial charge in [0.1, 0.15) is 5.75 Å². The van der Waals surface area contributed by atoms with Crippen molar-refractivity contribution in [3.8, 4) is 17.2 Å². The van der Waals surface area contributed by atoms with Crippen LogP contribution in [-0.2, 0) is 9.59 Å². The van der Waals surface area contributed by atoms with E-state index >= 15 is 0 Å². The third kappa shape index (κ3) is 4.45. The maximum absolute atomic E-state index is 12.5. The topological polar surface area (TPSA) is 106 Å². The molecule has 0 radical (unpaired) electrons. The summed E-state index contributed by atoms with van der Waals surface area (Å²) in [6.07, 6.45) is 0.0509. The summed E-state index contributed by atoms with van der Waals surface area (Å²) in [5, 5.41) is 0. The fourth-order valence-corrected chi connectivity index (χ4v) is 3.18. The predicted molar refractivity (Wildman–Crippen MR) is 109 cm³/mol. The second-order valence-corrected chi connectivity index (χ2v) is 6.62. The first-order valence-electron chi connectivity index (χ1n) is 9.23. The standard InChI is InChI=1S/C21H23N3O6/c1-28-16-6-4-5-15(11-16)24-12-14(10-19(24)25)21(27)23-22-20(26)13-7-8-17(29-2)18(9-13)30-3/h4-9,11,14H,10,12H2,1-3H3,(H,22,26)(H,23,27). The van der Waals surface area contributed by atoms with Crippen molar-refractivity contribution in [3.63, 3.8) is 0 Å². The van der Waals surface area contributed by atoms with E-state index in [1.54, 1.807) is 43.5 Å². The molecule has 158 valence electrons. The fourth-order valence-electron chi connectivity index (χ4n) is 3.18. The molecule has 9 heteroatoms. The minimum Gasteiger partial charge on any atom is -0.497 e. The summed E-state index contributed by atoms with van der Waals surface area (Å²) in [4.78, 5) is 38.7. The van der Waals surface area contributed by atoms with Crippen molar-refractivity contribution in [1.82, 2.24) is 10.9 Å². The van der Waals surface area contributed by atoms with Gasteiger partial charge < -0.3 is 19.1 Å². The fraction of sp³-hybridized carbons (Fsp3) is 0.286. The lowest BCUT2D eigenvalue weighted by Crippen LogP contribution is -2.45. The first kappa shape index (κ1) is 21.0. The molecule has 2 N–H and O–H groups in total. The lowest BCUT2D eigenvalue weighted by Gasteiger charge is -2.17. The number of hydrogen-bond acceptors (Lipinski definition) is 6. The molecule has 9 nitrogen and oxygen atoms in total. The molecule has 1 saturated heterocycles. The highest BCUT2D eigenvalue weighted by atomic mass is 16.5. The summed E-state index contributed by atoms with van der Waals surface area (Å²) in [5.41, 5.74) is 5.70. The second kappa shape index (κ2) is 9.17. The molecule has 1 aliphatic heterocycles. The summed E-state index contributed by atoms with van der Waals surface area (Å²) in [6, 6.07) is 11.7. The van der Waals surface area contributed by atoms with Crippen LogP contribution >= 0.6 is 0 Å². The molecule has 0 saturated carbocycles. The highest BCUT2D eigenvalue weighted by molar-refractivity contribution is 6.01. The Morgan fingerprint density at radius 2 is 1.73 bits per heavy atom. The Morgan fingerprint density at radius 1 is 0.967 bits per heavy atom. The summed E-state index contributed by atoms with van der Waals surface area (Å²) in [6.45, 7) is 0.212. The van der Waals surface area contributed by atoms with E-state index in [0.717, 1.165) is 0 Å². The highest BCUT2D eigenvalue weighted by Crippen LogP contribution is 2.28. The van der Waals surface area contributed by atoms with Gasteiger partial charge in [0, 0.05) is 30.3 Å². The molecule has 0 aromatic heterocycles. The van der Waals surface area contributed by atoms with Crippen LogP contribution in [-0.4, -0.2) is 45.6 Å². The van der Waals surface area contributed by atoms with Gasteiger partial charge in [-0.05, 0) is 30.3 Å². The Morgan fingerprint density at radius 3 is 2.43 bits per heavy atom. The molecule has 3 rings (SSSR count). The number of carbonyl (C=O) groups is 3. The minimum atomic E-state index is -0.589. The lowest BCUT2D eigenvalue weighted by molar-refractivity contribution is -0.126. The predicted octanol–water partition coefficient (Wildman–Crippen LogP) is 1.53. The zero-order valence-electron chi connectivity index (χ0n) is 16.9. The molecule has 1 heterocycles. The van der Waals surface area contributed by atoms with Crippen LogP contribution < -0.4 is 30.0 Å². The van der Waals surface area contributed by atoms with E-state index in [9.17, 15) is 14.4 Å². The van der Waals surface area contributed by atoms with Crippen LogP contribution in [0.15, 0.2) is 42.5 Å². The van der Waals surface area contributed by atoms with Gasteiger partial charge in [0.05, 0.1) is 27.2 Å². The van der Waals surface area contributed by atoms with Gasteiger partial charge in [-0.3, -0.25) is 25.2 Å². The molecule has 30 heavy (non-hydrogen) atoms. The molecular formula is C21H23N3O6. The van der Waals surface area contributed by atoms with Gasteiger partial charge in [0.25, 0.3) is 5.91 Å². The van der Waals surface area contributed by atoms with E-state index in [0.29, 0.717) is 22.9 Å². The van der Waals surface area contributed by atoms with E-state index in [-0.39, 0.29) is 24.4 Å². The van der Waals surface area contributed by atoms with Crippen LogP contribution in [0.4, 0.5) is 5.69 Å². The first-order chi connectivity index (χ1) is 14.5. The number of rotatable bonds is 6. The van der Waals surface area contributed by atoms with Gasteiger partial charge in [-0.2, -0.15) is 0 Å². The van der Waals surface area contributed by atoms with Crippen LogP contribution in [0, 0.1) is 5.92 Å². The summed E-state index contributed by atoms with van der Waals surface area (Å²) in [5.74, 6) is -0.216. The quantitative estimate of drug-likeness (QED) is 0.696. The maximum Gasteiger partial charge on any atom is 0.269 e. The van der Waals surface area contributed by atoms with Gasteiger partial charge in [-0.15, -0.1) is 0 Å². The summed E-state index contributed by atoms with van der Waals surface area (Å²) in [7, 11) is 4.50. The van der Waals surface area contributed by atoms with Gasteiger partial charge in [-0.1, -0.05) is 6.07 Å². The molecule has 2 aromatic rings. The van der Waals surface area contributed by atoms with Crippen molar-refractivity contribution in [1.29, 1.82) is 0 Å². The smallest absolute Gasteiger partial charge is 0.269 e. The Bertz CT molecular complexity index is 962. The number of hydrazine groups is 1. The number of nitrogens with one attached hydrogen (secondary N) is 2.